The normalized spacial score (nSPS) is 12.1. The number of alkyl halides is 1. The zero-order valence-electron chi connectivity index (χ0n) is 16.3. The van der Waals surface area contributed by atoms with Gasteiger partial charge in [-0.15, -0.1) is 0 Å². The number of nitrogens with one attached hydrogen (secondary N) is 1. The maximum Gasteiger partial charge on any atom is 0.251 e. The summed E-state index contributed by atoms with van der Waals surface area (Å²) in [5, 5.41) is 8.03. The Morgan fingerprint density at radius 1 is 1.00 bits per heavy atom. The van der Waals surface area contributed by atoms with Crippen LogP contribution in [0.4, 0.5) is 8.78 Å². The molecule has 0 spiro atoms. The van der Waals surface area contributed by atoms with Crippen LogP contribution >= 0.6 is 0 Å². The number of carbonyl (C=O) groups is 1. The maximum absolute atomic E-state index is 13.2. The highest BCUT2D eigenvalue weighted by Gasteiger charge is 2.16. The zero-order valence-corrected chi connectivity index (χ0v) is 16.3. The Morgan fingerprint density at radius 2 is 1.77 bits per heavy atom. The Balaban J connectivity index is 1.66. The van der Waals surface area contributed by atoms with Crippen molar-refractivity contribution in [1.29, 1.82) is 0 Å². The van der Waals surface area contributed by atoms with Gasteiger partial charge >= 0.3 is 0 Å². The molecule has 0 aliphatic heterocycles. The van der Waals surface area contributed by atoms with E-state index >= 15 is 0 Å². The first-order valence-electron chi connectivity index (χ1n) is 9.77. The number of rotatable bonds is 7. The van der Waals surface area contributed by atoms with E-state index in [2.05, 4.69) is 16.5 Å². The molecule has 4 rings (SSSR count). The van der Waals surface area contributed by atoms with Crippen LogP contribution in [0.25, 0.3) is 16.6 Å². The highest BCUT2D eigenvalue weighted by Crippen LogP contribution is 2.30. The van der Waals surface area contributed by atoms with Crippen molar-refractivity contribution >= 4 is 16.8 Å². The molecule has 4 nitrogen and oxygen atoms in total. The minimum Gasteiger partial charge on any atom is -0.354 e. The van der Waals surface area contributed by atoms with Crippen molar-refractivity contribution in [3.05, 3.63) is 95.9 Å². The van der Waals surface area contributed by atoms with Crippen LogP contribution in [0, 0.1) is 5.82 Å². The van der Waals surface area contributed by atoms with Gasteiger partial charge in [0, 0.05) is 17.8 Å². The van der Waals surface area contributed by atoms with E-state index in [0.717, 1.165) is 27.7 Å². The summed E-state index contributed by atoms with van der Waals surface area (Å²) in [5.41, 5.74) is 3.91. The lowest BCUT2D eigenvalue weighted by Crippen LogP contribution is -2.27. The smallest absolute Gasteiger partial charge is 0.251 e. The van der Waals surface area contributed by atoms with Gasteiger partial charge in [0.2, 0.25) is 0 Å². The maximum atomic E-state index is 13.2. The number of benzene rings is 3. The van der Waals surface area contributed by atoms with Gasteiger partial charge in [0.1, 0.15) is 5.82 Å². The average molecular weight is 405 g/mol. The second kappa shape index (κ2) is 8.86. The molecule has 1 atom stereocenters. The number of fused-ring (bicyclic) bond motifs is 1. The molecule has 1 aromatic heterocycles. The third kappa shape index (κ3) is 4.22. The molecule has 0 bridgehead atoms. The first kappa shape index (κ1) is 19.8. The fourth-order valence-corrected chi connectivity index (χ4v) is 3.67. The second-order valence-electron chi connectivity index (χ2n) is 7.09. The summed E-state index contributed by atoms with van der Waals surface area (Å²) in [6.07, 6.45) is 2.43. The topological polar surface area (TPSA) is 46.9 Å². The SMILES string of the molecule is O=C(CF)NCCC(c1ccccc1)c1ccc2c(cnn2-c2ccc(F)cc2)c1. The van der Waals surface area contributed by atoms with E-state index in [1.54, 1.807) is 23.0 Å². The molecule has 1 amide bonds. The van der Waals surface area contributed by atoms with E-state index in [-0.39, 0.29) is 11.7 Å². The first-order valence-corrected chi connectivity index (χ1v) is 9.77. The van der Waals surface area contributed by atoms with Gasteiger partial charge in [0.15, 0.2) is 6.67 Å². The lowest BCUT2D eigenvalue weighted by Gasteiger charge is -2.18. The predicted molar refractivity (Wildman–Crippen MR) is 113 cm³/mol. The molecule has 30 heavy (non-hydrogen) atoms. The Morgan fingerprint density at radius 3 is 2.50 bits per heavy atom. The van der Waals surface area contributed by atoms with Crippen molar-refractivity contribution in [3.8, 4) is 5.69 Å². The van der Waals surface area contributed by atoms with Gasteiger partial charge in [-0.05, 0) is 53.9 Å². The zero-order chi connectivity index (χ0) is 20.9. The molecule has 0 saturated heterocycles. The Labute approximate surface area is 173 Å². The summed E-state index contributed by atoms with van der Waals surface area (Å²) in [4.78, 5) is 11.3. The minimum atomic E-state index is -1.01. The van der Waals surface area contributed by atoms with Gasteiger partial charge in [-0.3, -0.25) is 4.79 Å². The molecule has 3 aromatic carbocycles. The van der Waals surface area contributed by atoms with Crippen LogP contribution in [0.15, 0.2) is 79.0 Å². The third-order valence-corrected chi connectivity index (χ3v) is 5.14. The van der Waals surface area contributed by atoms with Crippen LogP contribution in [-0.2, 0) is 4.79 Å². The summed E-state index contributed by atoms with van der Waals surface area (Å²) < 4.78 is 27.5. The number of hydrogen-bond acceptors (Lipinski definition) is 2. The van der Waals surface area contributed by atoms with Gasteiger partial charge in [0.25, 0.3) is 5.91 Å². The molecule has 0 fully saturated rings. The van der Waals surface area contributed by atoms with Gasteiger partial charge < -0.3 is 5.32 Å². The third-order valence-electron chi connectivity index (χ3n) is 5.14. The molecule has 1 unspecified atom stereocenters. The number of halogens is 2. The van der Waals surface area contributed by atoms with E-state index in [0.29, 0.717) is 13.0 Å². The molecule has 0 aliphatic rings. The van der Waals surface area contributed by atoms with E-state index in [1.165, 1.54) is 12.1 Å². The van der Waals surface area contributed by atoms with Gasteiger partial charge in [0.05, 0.1) is 17.4 Å². The predicted octanol–water partition coefficient (Wildman–Crippen LogP) is 4.77. The largest absolute Gasteiger partial charge is 0.354 e. The molecule has 6 heteroatoms. The molecule has 0 radical (unpaired) electrons. The molecule has 1 N–H and O–H groups in total. The summed E-state index contributed by atoms with van der Waals surface area (Å²) in [5.74, 6) is -0.842. The molecule has 0 saturated carbocycles. The van der Waals surface area contributed by atoms with Crippen molar-refractivity contribution in [2.45, 2.75) is 12.3 Å². The summed E-state index contributed by atoms with van der Waals surface area (Å²) in [6.45, 7) is -0.625. The lowest BCUT2D eigenvalue weighted by molar-refractivity contribution is -0.121. The molecule has 4 aromatic rings. The molecular formula is C24H21F2N3O. The number of hydrogen-bond donors (Lipinski definition) is 1. The van der Waals surface area contributed by atoms with Gasteiger partial charge in [-0.2, -0.15) is 5.10 Å². The van der Waals surface area contributed by atoms with Gasteiger partial charge in [-0.25, -0.2) is 13.5 Å². The summed E-state index contributed by atoms with van der Waals surface area (Å²) in [7, 11) is 0. The van der Waals surface area contributed by atoms with Crippen molar-refractivity contribution in [3.63, 3.8) is 0 Å². The monoisotopic (exact) mass is 405 g/mol. The Bertz CT molecular complexity index is 1140. The summed E-state index contributed by atoms with van der Waals surface area (Å²) in [6, 6.07) is 22.3. The van der Waals surface area contributed by atoms with Crippen molar-refractivity contribution in [1.82, 2.24) is 15.1 Å². The average Bonchev–Trinajstić information content (AvgIpc) is 3.21. The second-order valence-corrected chi connectivity index (χ2v) is 7.09. The van der Waals surface area contributed by atoms with Crippen molar-refractivity contribution in [2.75, 3.05) is 13.2 Å². The van der Waals surface area contributed by atoms with Gasteiger partial charge in [-0.1, -0.05) is 36.4 Å². The first-order chi connectivity index (χ1) is 14.7. The fraction of sp³-hybridized carbons (Fsp3) is 0.167. The van der Waals surface area contributed by atoms with Crippen LogP contribution in [0.3, 0.4) is 0 Å². The quantitative estimate of drug-likeness (QED) is 0.481. The number of carbonyl (C=O) groups excluding carboxylic acids is 1. The van der Waals surface area contributed by atoms with Crippen LogP contribution in [0.5, 0.6) is 0 Å². The number of nitrogens with zero attached hydrogens (tertiary/aromatic N) is 2. The van der Waals surface area contributed by atoms with E-state index in [1.807, 2.05) is 42.5 Å². The van der Waals surface area contributed by atoms with E-state index in [4.69, 9.17) is 0 Å². The van der Waals surface area contributed by atoms with Crippen molar-refractivity contribution in [2.24, 2.45) is 0 Å². The minimum absolute atomic E-state index is 0.0460. The molecule has 0 aliphatic carbocycles. The van der Waals surface area contributed by atoms with E-state index < -0.39 is 12.6 Å². The number of amides is 1. The Kier molecular flexibility index (Phi) is 5.84. The van der Waals surface area contributed by atoms with E-state index in [9.17, 15) is 13.6 Å². The Hall–Kier alpha value is -3.54. The highest BCUT2D eigenvalue weighted by molar-refractivity contribution is 5.81. The fourth-order valence-electron chi connectivity index (χ4n) is 3.67. The lowest BCUT2D eigenvalue weighted by atomic mass is 9.88. The molecule has 152 valence electrons. The highest BCUT2D eigenvalue weighted by atomic mass is 19.1. The standard InChI is InChI=1S/C24H21F2N3O/c25-15-24(30)27-13-12-22(17-4-2-1-3-5-17)18-6-11-23-19(14-18)16-28-29(23)21-9-7-20(26)8-10-21/h1-11,14,16,22H,12-13,15H2,(H,27,30). The molecular weight excluding hydrogens is 384 g/mol. The van der Waals surface area contributed by atoms with Crippen LogP contribution in [0.1, 0.15) is 23.5 Å². The van der Waals surface area contributed by atoms with Crippen LogP contribution in [-0.4, -0.2) is 28.9 Å². The number of aromatic nitrogens is 2. The molecule has 1 heterocycles. The van der Waals surface area contributed by atoms with Crippen LogP contribution < -0.4 is 5.32 Å². The van der Waals surface area contributed by atoms with Crippen LogP contribution in [0.2, 0.25) is 0 Å². The summed E-state index contributed by atoms with van der Waals surface area (Å²) >= 11 is 0. The van der Waals surface area contributed by atoms with Crippen molar-refractivity contribution < 1.29 is 13.6 Å².